The zero-order valence-electron chi connectivity index (χ0n) is 10.6. The van der Waals surface area contributed by atoms with Gasteiger partial charge < -0.3 is 10.5 Å². The van der Waals surface area contributed by atoms with Crippen LogP contribution < -0.4 is 5.73 Å². The topological polar surface area (TPSA) is 53.1 Å². The second-order valence-electron chi connectivity index (χ2n) is 4.78. The molecular weight excluding hydrogens is 306 g/mol. The van der Waals surface area contributed by atoms with Crippen molar-refractivity contribution in [2.75, 3.05) is 18.9 Å². The van der Waals surface area contributed by atoms with Gasteiger partial charge >= 0.3 is 0 Å². The molecule has 100 valence electrons. The van der Waals surface area contributed by atoms with Crippen LogP contribution in [0.25, 0.3) is 11.3 Å². The molecule has 0 radical (unpaired) electrons. The van der Waals surface area contributed by atoms with Gasteiger partial charge in [0.15, 0.2) is 0 Å². The Morgan fingerprint density at radius 1 is 1.32 bits per heavy atom. The molecule has 0 aliphatic carbocycles. The Labute approximate surface area is 120 Å². The van der Waals surface area contributed by atoms with Crippen LogP contribution in [0.1, 0.15) is 18.9 Å². The van der Waals surface area contributed by atoms with Gasteiger partial charge in [0.05, 0.1) is 18.3 Å². The van der Waals surface area contributed by atoms with Crippen LogP contribution in [0.4, 0.5) is 5.82 Å². The molecule has 3 rings (SSSR count). The molecule has 19 heavy (non-hydrogen) atoms. The van der Waals surface area contributed by atoms with E-state index in [0.717, 1.165) is 35.2 Å². The number of hydrogen-bond donors (Lipinski definition) is 1. The monoisotopic (exact) mass is 321 g/mol. The van der Waals surface area contributed by atoms with E-state index >= 15 is 0 Å². The predicted molar refractivity (Wildman–Crippen MR) is 78.9 cm³/mol. The van der Waals surface area contributed by atoms with E-state index in [-0.39, 0.29) is 6.04 Å². The van der Waals surface area contributed by atoms with Gasteiger partial charge in [0.25, 0.3) is 0 Å². The number of aromatic nitrogens is 2. The first kappa shape index (κ1) is 12.7. The average Bonchev–Trinajstić information content (AvgIpc) is 2.83. The fourth-order valence-corrected chi connectivity index (χ4v) is 2.64. The summed E-state index contributed by atoms with van der Waals surface area (Å²) in [5.74, 6) is 0.702. The van der Waals surface area contributed by atoms with E-state index in [4.69, 9.17) is 10.5 Å². The standard InChI is InChI=1S/C14H16BrN3O/c15-11-5-3-10(4-6-11)13-8-14(16)18(17-13)12-2-1-7-19-9-12/h3-6,8,12H,1-2,7,9,16H2. The minimum atomic E-state index is 0.262. The van der Waals surface area contributed by atoms with Gasteiger partial charge in [-0.15, -0.1) is 0 Å². The number of anilines is 1. The number of nitrogens with zero attached hydrogens (tertiary/aromatic N) is 2. The van der Waals surface area contributed by atoms with Gasteiger partial charge in [0, 0.05) is 22.7 Å². The molecule has 1 unspecified atom stereocenters. The number of halogens is 1. The van der Waals surface area contributed by atoms with Crippen molar-refractivity contribution in [2.24, 2.45) is 0 Å². The van der Waals surface area contributed by atoms with Crippen LogP contribution in [0.3, 0.4) is 0 Å². The highest BCUT2D eigenvalue weighted by molar-refractivity contribution is 9.10. The highest BCUT2D eigenvalue weighted by Crippen LogP contribution is 2.27. The lowest BCUT2D eigenvalue weighted by atomic mass is 10.1. The van der Waals surface area contributed by atoms with Crippen molar-refractivity contribution >= 4 is 21.7 Å². The zero-order chi connectivity index (χ0) is 13.2. The first-order valence-corrected chi connectivity index (χ1v) is 7.22. The van der Waals surface area contributed by atoms with Crippen molar-refractivity contribution in [1.82, 2.24) is 9.78 Å². The summed E-state index contributed by atoms with van der Waals surface area (Å²) in [6, 6.07) is 10.3. The van der Waals surface area contributed by atoms with Gasteiger partial charge in [-0.05, 0) is 25.0 Å². The molecular formula is C14H16BrN3O. The number of rotatable bonds is 2. The minimum absolute atomic E-state index is 0.262. The van der Waals surface area contributed by atoms with Crippen LogP contribution in [-0.2, 0) is 4.74 Å². The number of ether oxygens (including phenoxy) is 1. The first-order chi connectivity index (χ1) is 9.24. The van der Waals surface area contributed by atoms with Gasteiger partial charge in [-0.2, -0.15) is 5.10 Å². The van der Waals surface area contributed by atoms with Crippen molar-refractivity contribution in [3.63, 3.8) is 0 Å². The largest absolute Gasteiger partial charge is 0.384 e. The number of nitrogens with two attached hydrogens (primary N) is 1. The predicted octanol–water partition coefficient (Wildman–Crippen LogP) is 3.25. The van der Waals surface area contributed by atoms with Gasteiger partial charge in [0.2, 0.25) is 0 Å². The third-order valence-electron chi connectivity index (χ3n) is 3.39. The number of nitrogen functional groups attached to an aromatic ring is 1. The normalized spacial score (nSPS) is 19.5. The Morgan fingerprint density at radius 3 is 2.79 bits per heavy atom. The summed E-state index contributed by atoms with van der Waals surface area (Å²) in [5, 5.41) is 4.63. The van der Waals surface area contributed by atoms with E-state index in [0.29, 0.717) is 12.4 Å². The summed E-state index contributed by atoms with van der Waals surface area (Å²) >= 11 is 3.43. The molecule has 2 heterocycles. The Morgan fingerprint density at radius 2 is 2.11 bits per heavy atom. The molecule has 1 aliphatic rings. The maximum absolute atomic E-state index is 6.08. The van der Waals surface area contributed by atoms with Crippen LogP contribution in [-0.4, -0.2) is 23.0 Å². The van der Waals surface area contributed by atoms with Crippen molar-refractivity contribution in [1.29, 1.82) is 0 Å². The SMILES string of the molecule is Nc1cc(-c2ccc(Br)cc2)nn1C1CCCOC1. The van der Waals surface area contributed by atoms with E-state index in [1.807, 2.05) is 35.0 Å². The number of benzene rings is 1. The molecule has 1 fully saturated rings. The van der Waals surface area contributed by atoms with Crippen LogP contribution in [0.2, 0.25) is 0 Å². The molecule has 1 saturated heterocycles. The Kier molecular flexibility index (Phi) is 3.57. The summed E-state index contributed by atoms with van der Waals surface area (Å²) in [6.07, 6.45) is 2.14. The lowest BCUT2D eigenvalue weighted by molar-refractivity contribution is 0.0558. The van der Waals surface area contributed by atoms with Crippen molar-refractivity contribution in [3.05, 3.63) is 34.8 Å². The van der Waals surface area contributed by atoms with Gasteiger partial charge in [-0.3, -0.25) is 0 Å². The Hall–Kier alpha value is -1.33. The average molecular weight is 322 g/mol. The molecule has 0 saturated carbocycles. The maximum atomic E-state index is 6.08. The van der Waals surface area contributed by atoms with E-state index in [1.54, 1.807) is 0 Å². The molecule has 1 aliphatic heterocycles. The van der Waals surface area contributed by atoms with Gasteiger partial charge in [0.1, 0.15) is 5.82 Å². The van der Waals surface area contributed by atoms with E-state index in [9.17, 15) is 0 Å². The first-order valence-electron chi connectivity index (χ1n) is 6.43. The second kappa shape index (κ2) is 5.35. The third-order valence-corrected chi connectivity index (χ3v) is 3.92. The number of hydrogen-bond acceptors (Lipinski definition) is 3. The van der Waals surface area contributed by atoms with Crippen LogP contribution in [0.15, 0.2) is 34.8 Å². The molecule has 2 aromatic rings. The summed E-state index contributed by atoms with van der Waals surface area (Å²) in [5.41, 5.74) is 8.06. The summed E-state index contributed by atoms with van der Waals surface area (Å²) < 4.78 is 8.46. The smallest absolute Gasteiger partial charge is 0.122 e. The lowest BCUT2D eigenvalue weighted by Crippen LogP contribution is -2.23. The lowest BCUT2D eigenvalue weighted by Gasteiger charge is -2.23. The molecule has 0 amide bonds. The molecule has 0 spiro atoms. The summed E-state index contributed by atoms with van der Waals surface area (Å²) in [4.78, 5) is 0. The van der Waals surface area contributed by atoms with Crippen molar-refractivity contribution < 1.29 is 4.74 Å². The molecule has 1 aromatic carbocycles. The van der Waals surface area contributed by atoms with Gasteiger partial charge in [-0.1, -0.05) is 28.1 Å². The Bertz CT molecular complexity index is 559. The van der Waals surface area contributed by atoms with E-state index in [2.05, 4.69) is 21.0 Å². The Balaban J connectivity index is 1.90. The fourth-order valence-electron chi connectivity index (χ4n) is 2.38. The second-order valence-corrected chi connectivity index (χ2v) is 5.69. The minimum Gasteiger partial charge on any atom is -0.384 e. The van der Waals surface area contributed by atoms with E-state index < -0.39 is 0 Å². The molecule has 1 atom stereocenters. The van der Waals surface area contributed by atoms with E-state index in [1.165, 1.54) is 0 Å². The fraction of sp³-hybridized carbons (Fsp3) is 0.357. The van der Waals surface area contributed by atoms with Gasteiger partial charge in [-0.25, -0.2) is 4.68 Å². The highest BCUT2D eigenvalue weighted by Gasteiger charge is 2.19. The van der Waals surface area contributed by atoms with Crippen molar-refractivity contribution in [3.8, 4) is 11.3 Å². The molecule has 4 nitrogen and oxygen atoms in total. The van der Waals surface area contributed by atoms with Crippen LogP contribution in [0.5, 0.6) is 0 Å². The summed E-state index contributed by atoms with van der Waals surface area (Å²) in [7, 11) is 0. The van der Waals surface area contributed by atoms with Crippen LogP contribution in [0, 0.1) is 0 Å². The quantitative estimate of drug-likeness (QED) is 0.923. The molecule has 2 N–H and O–H groups in total. The highest BCUT2D eigenvalue weighted by atomic mass is 79.9. The zero-order valence-corrected chi connectivity index (χ0v) is 12.1. The molecule has 1 aromatic heterocycles. The molecule has 5 heteroatoms. The molecule has 0 bridgehead atoms. The summed E-state index contributed by atoms with van der Waals surface area (Å²) in [6.45, 7) is 1.54. The van der Waals surface area contributed by atoms with Crippen LogP contribution >= 0.6 is 15.9 Å². The maximum Gasteiger partial charge on any atom is 0.122 e. The van der Waals surface area contributed by atoms with Crippen molar-refractivity contribution in [2.45, 2.75) is 18.9 Å². The third kappa shape index (κ3) is 2.67.